The van der Waals surface area contributed by atoms with E-state index in [4.69, 9.17) is 5.11 Å². The van der Waals surface area contributed by atoms with Gasteiger partial charge in [0.05, 0.1) is 6.10 Å². The number of hydrogen-bond donors (Lipinski definition) is 1. The largest absolute Gasteiger partial charge is 0.389 e. The van der Waals surface area contributed by atoms with Crippen LogP contribution in [0.3, 0.4) is 0 Å². The van der Waals surface area contributed by atoms with Gasteiger partial charge in [0.15, 0.2) is 0 Å². The number of aliphatic hydroxyl groups is 1. The van der Waals surface area contributed by atoms with Crippen LogP contribution in [-0.2, 0) is 0 Å². The smallest absolute Gasteiger partial charge is 0.0752 e. The van der Waals surface area contributed by atoms with Gasteiger partial charge in [-0.05, 0) is 19.3 Å². The van der Waals surface area contributed by atoms with Gasteiger partial charge in [0.1, 0.15) is 0 Å². The zero-order chi connectivity index (χ0) is 9.23. The first-order valence-corrected chi connectivity index (χ1v) is 4.41. The van der Waals surface area contributed by atoms with Gasteiger partial charge < -0.3 is 5.11 Å². The van der Waals surface area contributed by atoms with Gasteiger partial charge in [-0.2, -0.15) is 0 Å². The molecule has 1 heteroatoms. The molecule has 0 amide bonds. The summed E-state index contributed by atoms with van der Waals surface area (Å²) in [6.45, 7) is 5.60. The Morgan fingerprint density at radius 1 is 1.25 bits per heavy atom. The Balaban J connectivity index is 3.37. The second-order valence-electron chi connectivity index (χ2n) is 2.63. The highest BCUT2D eigenvalue weighted by Gasteiger charge is 1.90. The second kappa shape index (κ2) is 8.28. The molecule has 0 unspecified atom stereocenters. The van der Waals surface area contributed by atoms with E-state index in [-0.39, 0.29) is 0 Å². The van der Waals surface area contributed by atoms with E-state index < -0.39 is 6.10 Å². The molecule has 0 bridgehead atoms. The lowest BCUT2D eigenvalue weighted by atomic mass is 10.2. The summed E-state index contributed by atoms with van der Waals surface area (Å²) in [5.74, 6) is 0. The summed E-state index contributed by atoms with van der Waals surface area (Å²) in [6, 6.07) is 0. The standard InChI is InChI=1S/C11H18O/c1-3-5-6-7-8-9-10-11(12)4-2/h4-6,8-9,11-12H,2-3,7,10H2,1H3/b6-5-,9-8-/t11-/m0/s1. The van der Waals surface area contributed by atoms with Crippen LogP contribution in [0.4, 0.5) is 0 Å². The molecular formula is C11H18O. The minimum atomic E-state index is -0.392. The van der Waals surface area contributed by atoms with E-state index in [2.05, 4.69) is 31.7 Å². The quantitative estimate of drug-likeness (QED) is 0.601. The van der Waals surface area contributed by atoms with Crippen LogP contribution in [-0.4, -0.2) is 11.2 Å². The maximum absolute atomic E-state index is 9.07. The molecule has 0 heterocycles. The summed E-state index contributed by atoms with van der Waals surface area (Å²) in [6.07, 6.45) is 12.2. The Bertz CT molecular complexity index is 156. The Morgan fingerprint density at radius 3 is 2.50 bits per heavy atom. The summed E-state index contributed by atoms with van der Waals surface area (Å²) in [5.41, 5.74) is 0. The molecule has 0 aromatic heterocycles. The van der Waals surface area contributed by atoms with E-state index in [1.54, 1.807) is 6.08 Å². The minimum Gasteiger partial charge on any atom is -0.389 e. The monoisotopic (exact) mass is 166 g/mol. The van der Waals surface area contributed by atoms with Gasteiger partial charge in [0.25, 0.3) is 0 Å². The van der Waals surface area contributed by atoms with Gasteiger partial charge in [-0.1, -0.05) is 37.3 Å². The fourth-order valence-electron chi connectivity index (χ4n) is 0.770. The maximum Gasteiger partial charge on any atom is 0.0752 e. The van der Waals surface area contributed by atoms with Crippen LogP contribution in [0, 0.1) is 0 Å². The summed E-state index contributed by atoms with van der Waals surface area (Å²) >= 11 is 0. The molecule has 0 aromatic rings. The van der Waals surface area contributed by atoms with Gasteiger partial charge in [-0.3, -0.25) is 0 Å². The van der Waals surface area contributed by atoms with E-state index in [1.807, 2.05) is 6.08 Å². The van der Waals surface area contributed by atoms with E-state index in [1.165, 1.54) is 0 Å². The lowest BCUT2D eigenvalue weighted by Crippen LogP contribution is -1.97. The zero-order valence-electron chi connectivity index (χ0n) is 7.74. The van der Waals surface area contributed by atoms with Crippen molar-refractivity contribution < 1.29 is 5.11 Å². The van der Waals surface area contributed by atoms with Crippen molar-refractivity contribution in [3.8, 4) is 0 Å². The molecule has 0 spiro atoms. The predicted octanol–water partition coefficient (Wildman–Crippen LogP) is 2.84. The Morgan fingerprint density at radius 2 is 1.92 bits per heavy atom. The highest BCUT2D eigenvalue weighted by molar-refractivity contribution is 4.95. The van der Waals surface area contributed by atoms with E-state index in [9.17, 15) is 0 Å². The summed E-state index contributed by atoms with van der Waals surface area (Å²) < 4.78 is 0. The SMILES string of the molecule is C=C[C@H](O)C/C=C\C/C=C\CC. The third kappa shape index (κ3) is 7.29. The molecule has 0 fully saturated rings. The first kappa shape index (κ1) is 11.2. The molecule has 0 saturated carbocycles. The van der Waals surface area contributed by atoms with Crippen molar-refractivity contribution in [1.29, 1.82) is 0 Å². The molecule has 0 aliphatic heterocycles. The van der Waals surface area contributed by atoms with Crippen molar-refractivity contribution in [2.45, 2.75) is 32.3 Å². The Hall–Kier alpha value is -0.820. The van der Waals surface area contributed by atoms with Gasteiger partial charge >= 0.3 is 0 Å². The molecule has 0 saturated heterocycles. The third-order valence-corrected chi connectivity index (χ3v) is 1.49. The van der Waals surface area contributed by atoms with E-state index in [0.717, 1.165) is 12.8 Å². The number of rotatable bonds is 6. The fraction of sp³-hybridized carbons (Fsp3) is 0.455. The highest BCUT2D eigenvalue weighted by atomic mass is 16.3. The molecule has 1 N–H and O–H groups in total. The van der Waals surface area contributed by atoms with Crippen LogP contribution in [0.1, 0.15) is 26.2 Å². The molecule has 0 aliphatic rings. The minimum absolute atomic E-state index is 0.392. The lowest BCUT2D eigenvalue weighted by Gasteiger charge is -1.96. The average molecular weight is 166 g/mol. The number of hydrogen-bond acceptors (Lipinski definition) is 1. The topological polar surface area (TPSA) is 20.2 Å². The van der Waals surface area contributed by atoms with Crippen molar-refractivity contribution in [3.05, 3.63) is 37.0 Å². The zero-order valence-corrected chi connectivity index (χ0v) is 7.74. The first-order valence-electron chi connectivity index (χ1n) is 4.41. The van der Waals surface area contributed by atoms with Crippen LogP contribution in [0.5, 0.6) is 0 Å². The second-order valence-corrected chi connectivity index (χ2v) is 2.63. The highest BCUT2D eigenvalue weighted by Crippen LogP contribution is 1.95. The van der Waals surface area contributed by atoms with Gasteiger partial charge in [0, 0.05) is 0 Å². The Labute approximate surface area is 75.1 Å². The van der Waals surface area contributed by atoms with Gasteiger partial charge in [0.2, 0.25) is 0 Å². The number of aliphatic hydroxyl groups excluding tert-OH is 1. The summed E-state index contributed by atoms with van der Waals surface area (Å²) in [4.78, 5) is 0. The summed E-state index contributed by atoms with van der Waals surface area (Å²) in [5, 5.41) is 9.07. The summed E-state index contributed by atoms with van der Waals surface area (Å²) in [7, 11) is 0. The average Bonchev–Trinajstić information content (AvgIpc) is 2.10. The van der Waals surface area contributed by atoms with E-state index in [0.29, 0.717) is 6.42 Å². The van der Waals surface area contributed by atoms with Crippen LogP contribution >= 0.6 is 0 Å². The van der Waals surface area contributed by atoms with Gasteiger partial charge in [-0.15, -0.1) is 6.58 Å². The van der Waals surface area contributed by atoms with Crippen molar-refractivity contribution in [2.75, 3.05) is 0 Å². The van der Waals surface area contributed by atoms with Crippen LogP contribution < -0.4 is 0 Å². The molecule has 12 heavy (non-hydrogen) atoms. The number of allylic oxidation sites excluding steroid dienone is 3. The third-order valence-electron chi connectivity index (χ3n) is 1.49. The molecule has 68 valence electrons. The molecule has 0 rings (SSSR count). The van der Waals surface area contributed by atoms with E-state index >= 15 is 0 Å². The Kier molecular flexibility index (Phi) is 7.71. The predicted molar refractivity (Wildman–Crippen MR) is 54.0 cm³/mol. The normalized spacial score (nSPS) is 14.2. The maximum atomic E-state index is 9.07. The molecule has 1 atom stereocenters. The van der Waals surface area contributed by atoms with Crippen LogP contribution in [0.15, 0.2) is 37.0 Å². The lowest BCUT2D eigenvalue weighted by molar-refractivity contribution is 0.227. The van der Waals surface area contributed by atoms with Crippen molar-refractivity contribution in [1.82, 2.24) is 0 Å². The molecule has 0 aromatic carbocycles. The van der Waals surface area contributed by atoms with Crippen LogP contribution in [0.25, 0.3) is 0 Å². The van der Waals surface area contributed by atoms with Gasteiger partial charge in [-0.25, -0.2) is 0 Å². The molecule has 1 nitrogen and oxygen atoms in total. The van der Waals surface area contributed by atoms with Crippen molar-refractivity contribution >= 4 is 0 Å². The molecule has 0 aliphatic carbocycles. The first-order chi connectivity index (χ1) is 5.81. The van der Waals surface area contributed by atoms with Crippen molar-refractivity contribution in [3.63, 3.8) is 0 Å². The van der Waals surface area contributed by atoms with Crippen molar-refractivity contribution in [2.24, 2.45) is 0 Å². The fourth-order valence-corrected chi connectivity index (χ4v) is 0.770. The molecule has 0 radical (unpaired) electrons. The van der Waals surface area contributed by atoms with Crippen LogP contribution in [0.2, 0.25) is 0 Å². The molecular weight excluding hydrogens is 148 g/mol.